The number of ether oxygens (including phenoxy) is 1. The van der Waals surface area contributed by atoms with Gasteiger partial charge in [-0.2, -0.15) is 0 Å². The van der Waals surface area contributed by atoms with E-state index in [-0.39, 0.29) is 23.2 Å². The Bertz CT molecular complexity index is 1470. The molecule has 10 radical (unpaired) electrons. The molecule has 0 amide bonds. The fourth-order valence-corrected chi connectivity index (χ4v) is 10.6. The van der Waals surface area contributed by atoms with Gasteiger partial charge in [0.25, 0.3) is 0 Å². The van der Waals surface area contributed by atoms with Crippen LogP contribution in [0.25, 0.3) is 0 Å². The van der Waals surface area contributed by atoms with E-state index in [0.717, 1.165) is 0 Å². The van der Waals surface area contributed by atoms with Gasteiger partial charge in [-0.05, 0) is 99.3 Å². The van der Waals surface area contributed by atoms with E-state index in [0.29, 0.717) is 0 Å². The molecule has 0 unspecified atom stereocenters. The molecule has 5 aromatic rings. The summed E-state index contributed by atoms with van der Waals surface area (Å²) in [5.41, 5.74) is 2.57. The zero-order valence-corrected chi connectivity index (χ0v) is 28.6. The van der Waals surface area contributed by atoms with Crippen LogP contribution in [0.5, 0.6) is 0 Å². The normalized spacial score (nSPS) is 15.7. The van der Waals surface area contributed by atoms with Crippen molar-refractivity contribution in [2.45, 2.75) is 6.10 Å². The van der Waals surface area contributed by atoms with Crippen LogP contribution in [0.1, 0.15) is 11.7 Å². The first-order valence-electron chi connectivity index (χ1n) is 15.2. The van der Waals surface area contributed by atoms with Crippen LogP contribution >= 0.6 is 15.8 Å². The number of benzene rings is 5. The standard InChI is InChI=1S/C37H31OP2.C5H5.Fe/c1-38-37(34-26-16-28-36(34)40(31-21-10-4-11-22-31)32-23-12-5-13-24-32)33-25-14-15-27-35(33)39(29-17-6-2-7-18-29)30-19-8-3-9-20-30;1-2-4-5-3-1;/h2-28,37H,1H3;1-5H;/t37-;;/m0../s1. The van der Waals surface area contributed by atoms with Crippen LogP contribution in [-0.4, -0.2) is 7.11 Å². The van der Waals surface area contributed by atoms with Crippen LogP contribution in [-0.2, 0) is 21.8 Å². The minimum atomic E-state index is -0.768. The second kappa shape index (κ2) is 18.1. The van der Waals surface area contributed by atoms with Gasteiger partial charge in [0.05, 0.1) is 6.10 Å². The average molecular weight is 675 g/mol. The largest absolute Gasteiger partial charge is 0.376 e. The van der Waals surface area contributed by atoms with Crippen molar-refractivity contribution in [3.05, 3.63) is 214 Å². The summed E-state index contributed by atoms with van der Waals surface area (Å²) in [5, 5.41) is 6.69. The maximum Gasteiger partial charge on any atom is 0.0902 e. The molecule has 0 spiro atoms. The fraction of sp³-hybridized carbons (Fsp3) is 0.0476. The first-order valence-corrected chi connectivity index (χ1v) is 17.9. The van der Waals surface area contributed by atoms with Crippen molar-refractivity contribution in [3.63, 3.8) is 0 Å². The molecule has 228 valence electrons. The van der Waals surface area contributed by atoms with Crippen molar-refractivity contribution in [1.29, 1.82) is 0 Å². The third-order valence-electron chi connectivity index (χ3n) is 7.66. The zero-order valence-electron chi connectivity index (χ0n) is 25.7. The second-order valence-corrected chi connectivity index (χ2v) is 14.9. The van der Waals surface area contributed by atoms with E-state index in [1.807, 2.05) is 39.2 Å². The van der Waals surface area contributed by atoms with Crippen molar-refractivity contribution in [3.8, 4) is 0 Å². The van der Waals surface area contributed by atoms with E-state index < -0.39 is 15.8 Å². The minimum absolute atomic E-state index is 0. The molecule has 0 heterocycles. The van der Waals surface area contributed by atoms with Crippen LogP contribution in [0.3, 0.4) is 0 Å². The SMILES string of the molecule is CO[C@H]([C]1[CH][CH][CH][C]1P(c1ccccc1)c1ccccc1)c1ccccc1P(c1ccccc1)c1ccccc1.[CH]1[CH][CH][CH][CH]1.[Fe]. The number of methoxy groups -OCH3 is 1. The third-order valence-corrected chi connectivity index (χ3v) is 12.7. The molecule has 2 aliphatic rings. The Labute approximate surface area is 290 Å². The van der Waals surface area contributed by atoms with E-state index in [9.17, 15) is 0 Å². The molecular formula is C42H36FeOP2. The predicted octanol–water partition coefficient (Wildman–Crippen LogP) is 8.02. The first-order chi connectivity index (χ1) is 22.3. The average Bonchev–Trinajstić information content (AvgIpc) is 3.85. The van der Waals surface area contributed by atoms with Gasteiger partial charge in [0.2, 0.25) is 0 Å². The Morgan fingerprint density at radius 2 is 0.826 bits per heavy atom. The van der Waals surface area contributed by atoms with Gasteiger partial charge in [-0.15, -0.1) is 0 Å². The van der Waals surface area contributed by atoms with Crippen LogP contribution in [0.4, 0.5) is 0 Å². The van der Waals surface area contributed by atoms with Gasteiger partial charge < -0.3 is 4.74 Å². The van der Waals surface area contributed by atoms with E-state index in [1.54, 1.807) is 0 Å². The molecule has 0 aliphatic heterocycles. The molecule has 2 aliphatic carbocycles. The van der Waals surface area contributed by atoms with Crippen LogP contribution < -0.4 is 26.5 Å². The number of hydrogen-bond donors (Lipinski definition) is 0. The molecule has 5 aromatic carbocycles. The van der Waals surface area contributed by atoms with Crippen LogP contribution in [0.2, 0.25) is 0 Å². The molecule has 0 bridgehead atoms. The van der Waals surface area contributed by atoms with Crippen molar-refractivity contribution in [2.75, 3.05) is 7.11 Å². The van der Waals surface area contributed by atoms with E-state index in [1.165, 1.54) is 43.7 Å². The van der Waals surface area contributed by atoms with Gasteiger partial charge >= 0.3 is 0 Å². The summed E-state index contributed by atoms with van der Waals surface area (Å²) in [6, 6.07) is 52.5. The summed E-state index contributed by atoms with van der Waals surface area (Å²) in [6.45, 7) is 0. The Balaban J connectivity index is 0.000000635. The molecule has 1 nitrogen and oxygen atoms in total. The molecular weight excluding hydrogens is 638 g/mol. The molecule has 0 N–H and O–H groups in total. The van der Waals surface area contributed by atoms with Gasteiger partial charge in [0, 0.05) is 35.8 Å². The molecule has 7 rings (SSSR count). The topological polar surface area (TPSA) is 9.23 Å². The molecule has 4 heteroatoms. The smallest absolute Gasteiger partial charge is 0.0902 e. The van der Waals surface area contributed by atoms with Gasteiger partial charge in [0.15, 0.2) is 0 Å². The zero-order chi connectivity index (χ0) is 30.7. The molecule has 2 saturated carbocycles. The maximum atomic E-state index is 6.43. The van der Waals surface area contributed by atoms with Crippen molar-refractivity contribution in [1.82, 2.24) is 0 Å². The summed E-state index contributed by atoms with van der Waals surface area (Å²) in [4.78, 5) is 0. The van der Waals surface area contributed by atoms with Gasteiger partial charge in [0.1, 0.15) is 0 Å². The van der Waals surface area contributed by atoms with E-state index >= 15 is 0 Å². The van der Waals surface area contributed by atoms with Gasteiger partial charge in [-0.25, -0.2) is 0 Å². The molecule has 46 heavy (non-hydrogen) atoms. The van der Waals surface area contributed by atoms with E-state index in [4.69, 9.17) is 4.74 Å². The quantitative estimate of drug-likeness (QED) is 0.114. The summed E-state index contributed by atoms with van der Waals surface area (Å²) in [5.74, 6) is 1.24. The Hall–Kier alpha value is -2.56. The predicted molar refractivity (Wildman–Crippen MR) is 195 cm³/mol. The number of hydrogen-bond acceptors (Lipinski definition) is 1. The van der Waals surface area contributed by atoms with E-state index in [2.05, 4.69) is 165 Å². The van der Waals surface area contributed by atoms with Crippen LogP contribution in [0.15, 0.2) is 146 Å². The summed E-state index contributed by atoms with van der Waals surface area (Å²) in [6.07, 6.45) is 16.6. The molecule has 0 saturated heterocycles. The third kappa shape index (κ3) is 8.47. The van der Waals surface area contributed by atoms with Crippen molar-refractivity contribution < 1.29 is 21.8 Å². The monoisotopic (exact) mass is 674 g/mol. The molecule has 1 atom stereocenters. The molecule has 0 aromatic heterocycles. The Kier molecular flexibility index (Phi) is 13.7. The first kappa shape index (κ1) is 34.8. The van der Waals surface area contributed by atoms with Gasteiger partial charge in [-0.3, -0.25) is 0 Å². The van der Waals surface area contributed by atoms with Crippen molar-refractivity contribution in [2.24, 2.45) is 0 Å². The number of rotatable bonds is 9. The molecule has 2 fully saturated rings. The Morgan fingerprint density at radius 1 is 0.435 bits per heavy atom. The van der Waals surface area contributed by atoms with Crippen LogP contribution in [0, 0.1) is 62.9 Å². The summed E-state index contributed by atoms with van der Waals surface area (Å²) >= 11 is 0. The summed E-state index contributed by atoms with van der Waals surface area (Å²) in [7, 11) is 0.332. The second-order valence-electron chi connectivity index (χ2n) is 10.5. The summed E-state index contributed by atoms with van der Waals surface area (Å²) < 4.78 is 6.43. The maximum absolute atomic E-state index is 6.43. The minimum Gasteiger partial charge on any atom is -0.376 e. The Morgan fingerprint density at radius 3 is 1.26 bits per heavy atom. The van der Waals surface area contributed by atoms with Gasteiger partial charge in [-0.1, -0.05) is 146 Å². The van der Waals surface area contributed by atoms with Crippen molar-refractivity contribution >= 4 is 42.4 Å². The fourth-order valence-electron chi connectivity index (χ4n) is 5.67.